The van der Waals surface area contributed by atoms with Crippen molar-refractivity contribution in [1.29, 1.82) is 0 Å². The van der Waals surface area contributed by atoms with Crippen molar-refractivity contribution in [1.82, 2.24) is 15.3 Å². The van der Waals surface area contributed by atoms with E-state index in [9.17, 15) is 4.79 Å². The van der Waals surface area contributed by atoms with E-state index in [1.165, 1.54) is 13.4 Å². The number of hydrogen-bond donors (Lipinski definition) is 1. The van der Waals surface area contributed by atoms with Crippen molar-refractivity contribution in [2.45, 2.75) is 0 Å². The summed E-state index contributed by atoms with van der Waals surface area (Å²) in [4.78, 5) is 19.8. The molecule has 1 N–H and O–H groups in total. The van der Waals surface area contributed by atoms with Crippen molar-refractivity contribution in [2.24, 2.45) is 0 Å². The zero-order valence-electron chi connectivity index (χ0n) is 10.6. The third-order valence-corrected chi connectivity index (χ3v) is 3.23. The molecule has 0 unspecified atom stereocenters. The first-order valence-electron chi connectivity index (χ1n) is 5.66. The van der Waals surface area contributed by atoms with Crippen molar-refractivity contribution in [3.8, 4) is 11.3 Å². The van der Waals surface area contributed by atoms with Crippen LogP contribution in [-0.4, -0.2) is 29.7 Å². The van der Waals surface area contributed by atoms with Crippen LogP contribution in [0.25, 0.3) is 11.3 Å². The van der Waals surface area contributed by atoms with E-state index in [0.29, 0.717) is 15.7 Å². The summed E-state index contributed by atoms with van der Waals surface area (Å²) in [6.07, 6.45) is 1.32. The fourth-order valence-corrected chi connectivity index (χ4v) is 1.82. The third-order valence-electron chi connectivity index (χ3n) is 2.49. The van der Waals surface area contributed by atoms with Gasteiger partial charge in [0, 0.05) is 12.7 Å². The van der Waals surface area contributed by atoms with E-state index in [2.05, 4.69) is 15.3 Å². The van der Waals surface area contributed by atoms with Crippen molar-refractivity contribution in [2.75, 3.05) is 13.8 Å². The molecule has 20 heavy (non-hydrogen) atoms. The summed E-state index contributed by atoms with van der Waals surface area (Å²) >= 11 is 11.8. The van der Waals surface area contributed by atoms with Gasteiger partial charge in [-0.2, -0.15) is 0 Å². The SMILES string of the molecule is COCNC(=O)c1cc(-c2ccc(Cl)c(Cl)c2)ncn1. The van der Waals surface area contributed by atoms with Crippen LogP contribution in [0, 0.1) is 0 Å². The highest BCUT2D eigenvalue weighted by Gasteiger charge is 2.10. The number of carbonyl (C=O) groups is 1. The Morgan fingerprint density at radius 2 is 2.05 bits per heavy atom. The van der Waals surface area contributed by atoms with E-state index in [-0.39, 0.29) is 18.3 Å². The molecule has 1 heterocycles. The lowest BCUT2D eigenvalue weighted by Crippen LogP contribution is -2.26. The second-order valence-electron chi connectivity index (χ2n) is 3.86. The molecule has 0 fully saturated rings. The standard InChI is InChI=1S/C13H11Cl2N3O2/c1-20-7-18-13(19)12-5-11(16-6-17-12)8-2-3-9(14)10(15)4-8/h2-6H,7H2,1H3,(H,18,19). The van der Waals surface area contributed by atoms with E-state index in [1.54, 1.807) is 24.3 Å². The molecule has 2 aromatic rings. The minimum Gasteiger partial charge on any atom is -0.364 e. The Kier molecular flexibility index (Phi) is 4.89. The van der Waals surface area contributed by atoms with E-state index >= 15 is 0 Å². The van der Waals surface area contributed by atoms with Gasteiger partial charge in [0.2, 0.25) is 0 Å². The van der Waals surface area contributed by atoms with Crippen molar-refractivity contribution in [3.63, 3.8) is 0 Å². The number of benzene rings is 1. The number of hydrogen-bond acceptors (Lipinski definition) is 4. The van der Waals surface area contributed by atoms with Crippen LogP contribution < -0.4 is 5.32 Å². The molecule has 0 aliphatic rings. The Morgan fingerprint density at radius 3 is 2.75 bits per heavy atom. The van der Waals surface area contributed by atoms with Crippen molar-refractivity contribution < 1.29 is 9.53 Å². The number of methoxy groups -OCH3 is 1. The minimum absolute atomic E-state index is 0.116. The van der Waals surface area contributed by atoms with Crippen LogP contribution in [0.2, 0.25) is 10.0 Å². The lowest BCUT2D eigenvalue weighted by Gasteiger charge is -2.06. The molecule has 0 saturated heterocycles. The molecule has 2 rings (SSSR count). The topological polar surface area (TPSA) is 64.1 Å². The number of aromatic nitrogens is 2. The summed E-state index contributed by atoms with van der Waals surface area (Å²) in [5, 5.41) is 3.43. The molecule has 7 heteroatoms. The summed E-state index contributed by atoms with van der Waals surface area (Å²) in [6, 6.07) is 6.70. The van der Waals surface area contributed by atoms with Crippen LogP contribution in [0.3, 0.4) is 0 Å². The van der Waals surface area contributed by atoms with Crippen LogP contribution in [0.4, 0.5) is 0 Å². The number of carbonyl (C=O) groups excluding carboxylic acids is 1. The maximum Gasteiger partial charge on any atom is 0.271 e. The maximum absolute atomic E-state index is 11.8. The Morgan fingerprint density at radius 1 is 1.25 bits per heavy atom. The Hall–Kier alpha value is -1.69. The number of rotatable bonds is 4. The largest absolute Gasteiger partial charge is 0.364 e. The minimum atomic E-state index is -0.337. The van der Waals surface area contributed by atoms with E-state index < -0.39 is 0 Å². The van der Waals surface area contributed by atoms with Gasteiger partial charge in [-0.1, -0.05) is 29.3 Å². The number of nitrogens with one attached hydrogen (secondary N) is 1. The van der Waals surface area contributed by atoms with E-state index in [0.717, 1.165) is 5.56 Å². The maximum atomic E-state index is 11.8. The summed E-state index contributed by atoms with van der Waals surface area (Å²) in [5.41, 5.74) is 1.59. The molecule has 1 aromatic heterocycles. The highest BCUT2D eigenvalue weighted by molar-refractivity contribution is 6.42. The van der Waals surface area contributed by atoms with Gasteiger partial charge in [0.25, 0.3) is 5.91 Å². The smallest absolute Gasteiger partial charge is 0.271 e. The highest BCUT2D eigenvalue weighted by Crippen LogP contribution is 2.27. The first kappa shape index (κ1) is 14.7. The predicted molar refractivity (Wildman–Crippen MR) is 76.8 cm³/mol. The first-order valence-corrected chi connectivity index (χ1v) is 6.42. The monoisotopic (exact) mass is 311 g/mol. The average molecular weight is 312 g/mol. The molecule has 0 bridgehead atoms. The third kappa shape index (κ3) is 3.45. The van der Waals surface area contributed by atoms with Gasteiger partial charge in [-0.3, -0.25) is 4.79 Å². The van der Waals surface area contributed by atoms with Gasteiger partial charge < -0.3 is 10.1 Å². The van der Waals surface area contributed by atoms with Crippen LogP contribution in [0.1, 0.15) is 10.5 Å². The summed E-state index contributed by atoms with van der Waals surface area (Å²) < 4.78 is 4.77. The fraction of sp³-hybridized carbons (Fsp3) is 0.154. The quantitative estimate of drug-likeness (QED) is 0.882. The molecular formula is C13H11Cl2N3O2. The highest BCUT2D eigenvalue weighted by atomic mass is 35.5. The van der Waals surface area contributed by atoms with Crippen molar-refractivity contribution in [3.05, 3.63) is 46.3 Å². The van der Waals surface area contributed by atoms with Gasteiger partial charge >= 0.3 is 0 Å². The summed E-state index contributed by atoms with van der Waals surface area (Å²) in [5.74, 6) is -0.337. The molecule has 1 aromatic carbocycles. The average Bonchev–Trinajstić information content (AvgIpc) is 2.47. The Balaban J connectivity index is 2.29. The molecule has 1 amide bonds. The zero-order chi connectivity index (χ0) is 14.5. The number of nitrogens with zero attached hydrogens (tertiary/aromatic N) is 2. The van der Waals surface area contributed by atoms with Crippen LogP contribution >= 0.6 is 23.2 Å². The second-order valence-corrected chi connectivity index (χ2v) is 4.67. The molecule has 0 radical (unpaired) electrons. The zero-order valence-corrected chi connectivity index (χ0v) is 12.1. The Labute approximate surface area is 125 Å². The fourth-order valence-electron chi connectivity index (χ4n) is 1.52. The van der Waals surface area contributed by atoms with Crippen LogP contribution in [0.5, 0.6) is 0 Å². The van der Waals surface area contributed by atoms with Crippen LogP contribution in [-0.2, 0) is 4.74 Å². The molecule has 104 valence electrons. The molecule has 0 saturated carbocycles. The van der Waals surface area contributed by atoms with Gasteiger partial charge in [-0.05, 0) is 18.2 Å². The van der Waals surface area contributed by atoms with Crippen molar-refractivity contribution >= 4 is 29.1 Å². The molecular weight excluding hydrogens is 301 g/mol. The summed E-state index contributed by atoms with van der Waals surface area (Å²) in [6.45, 7) is 0.116. The van der Waals surface area contributed by atoms with Crippen LogP contribution in [0.15, 0.2) is 30.6 Å². The number of halogens is 2. The number of amides is 1. The molecule has 0 atom stereocenters. The lowest BCUT2D eigenvalue weighted by molar-refractivity contribution is 0.0867. The first-order chi connectivity index (χ1) is 9.61. The predicted octanol–water partition coefficient (Wildman–Crippen LogP) is 2.78. The van der Waals surface area contributed by atoms with Gasteiger partial charge in [0.05, 0.1) is 15.7 Å². The van der Waals surface area contributed by atoms with Gasteiger partial charge in [0.1, 0.15) is 18.8 Å². The van der Waals surface area contributed by atoms with E-state index in [4.69, 9.17) is 27.9 Å². The molecule has 0 aliphatic heterocycles. The number of ether oxygens (including phenoxy) is 1. The molecule has 0 aliphatic carbocycles. The lowest BCUT2D eigenvalue weighted by atomic mass is 10.1. The molecule has 5 nitrogen and oxygen atoms in total. The van der Waals surface area contributed by atoms with Gasteiger partial charge in [-0.15, -0.1) is 0 Å². The van der Waals surface area contributed by atoms with Gasteiger partial charge in [-0.25, -0.2) is 9.97 Å². The molecule has 0 spiro atoms. The van der Waals surface area contributed by atoms with Gasteiger partial charge in [0.15, 0.2) is 0 Å². The summed E-state index contributed by atoms with van der Waals surface area (Å²) in [7, 11) is 1.49. The van der Waals surface area contributed by atoms with E-state index in [1.807, 2.05) is 0 Å². The second kappa shape index (κ2) is 6.65. The Bertz CT molecular complexity index is 635. The normalized spacial score (nSPS) is 10.3.